The van der Waals surface area contributed by atoms with Crippen molar-refractivity contribution in [2.24, 2.45) is 0 Å². The molecule has 0 spiro atoms. The number of aryl methyl sites for hydroxylation is 2. The average molecular weight is 261 g/mol. The van der Waals surface area contributed by atoms with Gasteiger partial charge in [-0.3, -0.25) is 0 Å². The summed E-state index contributed by atoms with van der Waals surface area (Å²) in [5.41, 5.74) is 4.78. The smallest absolute Gasteiger partial charge is 0.0180 e. The number of nitrogens with one attached hydrogen (secondary N) is 1. The molecule has 1 saturated carbocycles. The average Bonchev–Trinajstić information content (AvgIpc) is 3.18. The fraction of sp³-hybridized carbons (Fsp3) is 0.667. The van der Waals surface area contributed by atoms with E-state index >= 15 is 0 Å². The van der Waals surface area contributed by atoms with Crippen molar-refractivity contribution in [3.05, 3.63) is 34.9 Å². The Labute approximate surface area is 119 Å². The Kier molecular flexibility index (Phi) is 6.57. The Morgan fingerprint density at radius 2 is 1.63 bits per heavy atom. The van der Waals surface area contributed by atoms with Crippen LogP contribution >= 0.6 is 0 Å². The standard InChI is InChI=1S/C9H19N.C9H12/c1-3-5-8-10-9(4-2)6-7-9;1-7-5-4-6-8(2)9(7)3/h10H,3-8H2,1-2H3;4-6H,1-3H3. The second kappa shape index (κ2) is 7.69. The molecular weight excluding hydrogens is 230 g/mol. The van der Waals surface area contributed by atoms with Gasteiger partial charge >= 0.3 is 0 Å². The summed E-state index contributed by atoms with van der Waals surface area (Å²) in [6.45, 7) is 12.2. The zero-order valence-electron chi connectivity index (χ0n) is 13.5. The topological polar surface area (TPSA) is 12.0 Å². The maximum atomic E-state index is 3.62. The summed E-state index contributed by atoms with van der Waals surface area (Å²) in [7, 11) is 0. The van der Waals surface area contributed by atoms with Crippen molar-refractivity contribution >= 4 is 0 Å². The van der Waals surface area contributed by atoms with Crippen molar-refractivity contribution in [1.82, 2.24) is 5.32 Å². The minimum atomic E-state index is 0.592. The SMILES string of the molecule is CCCCNC1(CC)CC1.Cc1cccc(C)c1C. The summed E-state index contributed by atoms with van der Waals surface area (Å²) in [4.78, 5) is 0. The third-order valence-corrected chi connectivity index (χ3v) is 4.44. The Morgan fingerprint density at radius 3 is 2.00 bits per heavy atom. The Bertz CT molecular complexity index is 357. The van der Waals surface area contributed by atoms with Crippen molar-refractivity contribution in [2.75, 3.05) is 6.54 Å². The maximum absolute atomic E-state index is 3.62. The van der Waals surface area contributed by atoms with Gasteiger partial charge in [0.15, 0.2) is 0 Å². The lowest BCUT2D eigenvalue weighted by atomic mass is 10.1. The van der Waals surface area contributed by atoms with Gasteiger partial charge in [0.1, 0.15) is 0 Å². The lowest BCUT2D eigenvalue weighted by molar-refractivity contribution is 0.475. The second-order valence-electron chi connectivity index (χ2n) is 5.93. The summed E-state index contributed by atoms with van der Waals surface area (Å²) in [6.07, 6.45) is 6.78. The fourth-order valence-electron chi connectivity index (χ4n) is 2.23. The fourth-order valence-corrected chi connectivity index (χ4v) is 2.23. The van der Waals surface area contributed by atoms with Crippen LogP contribution in [0.2, 0.25) is 0 Å². The predicted octanol–water partition coefficient (Wildman–Crippen LogP) is 4.93. The van der Waals surface area contributed by atoms with E-state index in [4.69, 9.17) is 0 Å². The number of hydrogen-bond donors (Lipinski definition) is 1. The van der Waals surface area contributed by atoms with E-state index in [-0.39, 0.29) is 0 Å². The molecule has 1 heteroatoms. The van der Waals surface area contributed by atoms with E-state index in [1.54, 1.807) is 0 Å². The Hall–Kier alpha value is -0.820. The lowest BCUT2D eigenvalue weighted by Crippen LogP contribution is -2.31. The van der Waals surface area contributed by atoms with Crippen LogP contribution in [0.25, 0.3) is 0 Å². The molecule has 0 aliphatic heterocycles. The minimum Gasteiger partial charge on any atom is -0.311 e. The van der Waals surface area contributed by atoms with E-state index in [1.807, 2.05) is 0 Å². The van der Waals surface area contributed by atoms with E-state index in [0.29, 0.717) is 5.54 Å². The molecular formula is C18H31N. The molecule has 1 N–H and O–H groups in total. The van der Waals surface area contributed by atoms with Gasteiger partial charge in [-0.15, -0.1) is 0 Å². The molecule has 0 radical (unpaired) electrons. The first kappa shape index (κ1) is 16.2. The van der Waals surface area contributed by atoms with Crippen molar-refractivity contribution < 1.29 is 0 Å². The van der Waals surface area contributed by atoms with Crippen molar-refractivity contribution in [2.45, 2.75) is 72.3 Å². The molecule has 2 rings (SSSR count). The molecule has 1 nitrogen and oxygen atoms in total. The molecule has 0 heterocycles. The summed E-state index contributed by atoms with van der Waals surface area (Å²) in [5, 5.41) is 3.62. The van der Waals surface area contributed by atoms with Gasteiger partial charge in [-0.1, -0.05) is 38.5 Å². The van der Waals surface area contributed by atoms with Crippen molar-refractivity contribution in [3.63, 3.8) is 0 Å². The van der Waals surface area contributed by atoms with Crippen LogP contribution in [0.3, 0.4) is 0 Å². The largest absolute Gasteiger partial charge is 0.311 e. The predicted molar refractivity (Wildman–Crippen MR) is 85.8 cm³/mol. The molecule has 0 unspecified atom stereocenters. The monoisotopic (exact) mass is 261 g/mol. The molecule has 0 bridgehead atoms. The van der Waals surface area contributed by atoms with Crippen LogP contribution < -0.4 is 5.32 Å². The highest BCUT2D eigenvalue weighted by atomic mass is 15.0. The van der Waals surface area contributed by atoms with Crippen LogP contribution in [-0.4, -0.2) is 12.1 Å². The van der Waals surface area contributed by atoms with Crippen LogP contribution in [0, 0.1) is 20.8 Å². The van der Waals surface area contributed by atoms with Gasteiger partial charge in [0.2, 0.25) is 0 Å². The first-order valence-electron chi connectivity index (χ1n) is 7.82. The van der Waals surface area contributed by atoms with Crippen molar-refractivity contribution in [3.8, 4) is 0 Å². The molecule has 0 aromatic heterocycles. The zero-order chi connectivity index (χ0) is 14.3. The minimum absolute atomic E-state index is 0.592. The van der Waals surface area contributed by atoms with E-state index < -0.39 is 0 Å². The molecule has 1 aliphatic rings. The molecule has 1 aromatic rings. The van der Waals surface area contributed by atoms with Gasteiger partial charge in [-0.25, -0.2) is 0 Å². The van der Waals surface area contributed by atoms with Crippen LogP contribution in [-0.2, 0) is 0 Å². The number of hydrogen-bond acceptors (Lipinski definition) is 1. The number of rotatable bonds is 5. The lowest BCUT2D eigenvalue weighted by Gasteiger charge is -2.13. The molecule has 0 atom stereocenters. The van der Waals surface area contributed by atoms with Crippen molar-refractivity contribution in [1.29, 1.82) is 0 Å². The van der Waals surface area contributed by atoms with Crippen LogP contribution in [0.5, 0.6) is 0 Å². The first-order valence-corrected chi connectivity index (χ1v) is 7.82. The number of unbranched alkanes of at least 4 members (excludes halogenated alkanes) is 1. The van der Waals surface area contributed by atoms with E-state index in [2.05, 4.69) is 58.1 Å². The molecule has 19 heavy (non-hydrogen) atoms. The Balaban J connectivity index is 0.000000191. The van der Waals surface area contributed by atoms with Gasteiger partial charge in [0, 0.05) is 5.54 Å². The second-order valence-corrected chi connectivity index (χ2v) is 5.93. The summed E-state index contributed by atoms with van der Waals surface area (Å²) in [6, 6.07) is 6.38. The number of benzene rings is 1. The maximum Gasteiger partial charge on any atom is 0.0180 e. The van der Waals surface area contributed by atoms with Crippen LogP contribution in [0.15, 0.2) is 18.2 Å². The van der Waals surface area contributed by atoms with Gasteiger partial charge in [-0.2, -0.15) is 0 Å². The van der Waals surface area contributed by atoms with E-state index in [9.17, 15) is 0 Å². The molecule has 1 aromatic carbocycles. The molecule has 0 amide bonds. The van der Waals surface area contributed by atoms with Crippen LogP contribution in [0.4, 0.5) is 0 Å². The van der Waals surface area contributed by atoms with Gasteiger partial charge in [0.25, 0.3) is 0 Å². The third-order valence-electron chi connectivity index (χ3n) is 4.44. The molecule has 1 aliphatic carbocycles. The zero-order valence-corrected chi connectivity index (χ0v) is 13.5. The third kappa shape index (κ3) is 5.36. The Morgan fingerprint density at radius 1 is 1.05 bits per heavy atom. The molecule has 108 valence electrons. The summed E-state index contributed by atoms with van der Waals surface area (Å²) >= 11 is 0. The first-order chi connectivity index (χ1) is 9.04. The van der Waals surface area contributed by atoms with Gasteiger partial charge in [-0.05, 0) is 69.7 Å². The highest BCUT2D eigenvalue weighted by molar-refractivity contribution is 5.31. The highest BCUT2D eigenvalue weighted by Gasteiger charge is 2.39. The molecule has 1 fully saturated rings. The summed E-state index contributed by atoms with van der Waals surface area (Å²) in [5.74, 6) is 0. The van der Waals surface area contributed by atoms with Crippen LogP contribution in [0.1, 0.15) is 62.6 Å². The van der Waals surface area contributed by atoms with Gasteiger partial charge < -0.3 is 5.32 Å². The van der Waals surface area contributed by atoms with Gasteiger partial charge in [0.05, 0.1) is 0 Å². The highest BCUT2D eigenvalue weighted by Crippen LogP contribution is 2.38. The normalized spacial score (nSPS) is 15.6. The molecule has 0 saturated heterocycles. The van der Waals surface area contributed by atoms with E-state index in [0.717, 1.165) is 0 Å². The quantitative estimate of drug-likeness (QED) is 0.741. The van der Waals surface area contributed by atoms with E-state index in [1.165, 1.54) is 55.3 Å². The summed E-state index contributed by atoms with van der Waals surface area (Å²) < 4.78 is 0.